The number of ether oxygens (including phenoxy) is 3. The van der Waals surface area contributed by atoms with Crippen LogP contribution in [0.5, 0.6) is 0 Å². The van der Waals surface area contributed by atoms with Gasteiger partial charge in [-0.2, -0.15) is 0 Å². The minimum atomic E-state index is -3.97. The van der Waals surface area contributed by atoms with E-state index in [1.54, 1.807) is 24.3 Å². The molecule has 4 atom stereocenters. The first-order chi connectivity index (χ1) is 17.5. The van der Waals surface area contributed by atoms with E-state index in [0.29, 0.717) is 5.69 Å². The van der Waals surface area contributed by atoms with E-state index < -0.39 is 55.0 Å². The van der Waals surface area contributed by atoms with Gasteiger partial charge in [0, 0.05) is 50.8 Å². The van der Waals surface area contributed by atoms with Gasteiger partial charge in [0.25, 0.3) is 5.56 Å². The molecule has 1 saturated heterocycles. The number of aromatic nitrogens is 2. The molecular weight excluding hydrogens is 577 g/mol. The van der Waals surface area contributed by atoms with Crippen LogP contribution in [0.3, 0.4) is 0 Å². The molecule has 202 valence electrons. The lowest BCUT2D eigenvalue weighted by Crippen LogP contribution is -2.36. The Balaban J connectivity index is 2.03. The molecule has 1 unspecified atom stereocenters. The quantitative estimate of drug-likeness (QED) is 0.303. The Morgan fingerprint density at radius 2 is 1.84 bits per heavy atom. The topological polar surface area (TPSA) is 164 Å². The van der Waals surface area contributed by atoms with Crippen molar-refractivity contribution in [3.05, 3.63) is 61.3 Å². The fraction of sp³-hybridized carbons (Fsp3) is 0.455. The zero-order valence-electron chi connectivity index (χ0n) is 20.5. The van der Waals surface area contributed by atoms with Crippen molar-refractivity contribution in [2.45, 2.75) is 44.5 Å². The van der Waals surface area contributed by atoms with Gasteiger partial charge >= 0.3 is 25.2 Å². The number of rotatable bonds is 10. The van der Waals surface area contributed by atoms with Crippen LogP contribution in [0.4, 0.5) is 5.69 Å². The van der Waals surface area contributed by atoms with E-state index in [0.717, 1.165) is 9.04 Å². The number of esters is 2. The second-order valence-corrected chi connectivity index (χ2v) is 11.3. The second-order valence-electron chi connectivity index (χ2n) is 8.03. The van der Waals surface area contributed by atoms with Crippen LogP contribution >= 0.6 is 23.5 Å². The van der Waals surface area contributed by atoms with Crippen LogP contribution in [0.15, 0.2) is 44.5 Å². The number of carbonyl (C=O) groups excluding carboxylic acids is 2. The Labute approximate surface area is 220 Å². The Kier molecular flexibility index (Phi) is 9.48. The number of carbonyl (C=O) groups is 2. The van der Waals surface area contributed by atoms with Crippen LogP contribution in [0.1, 0.15) is 37.8 Å². The summed E-state index contributed by atoms with van der Waals surface area (Å²) >= 11 is 3.34. The maximum Gasteiger partial charge on any atom is 0.356 e. The van der Waals surface area contributed by atoms with E-state index in [1.807, 2.05) is 0 Å². The monoisotopic (exact) mass is 603 g/mol. The third kappa shape index (κ3) is 6.96. The zero-order chi connectivity index (χ0) is 27.3. The van der Waals surface area contributed by atoms with E-state index >= 15 is 0 Å². The fourth-order valence-corrected chi connectivity index (χ4v) is 5.45. The van der Waals surface area contributed by atoms with Crippen molar-refractivity contribution >= 4 is 41.2 Å². The van der Waals surface area contributed by atoms with Crippen LogP contribution < -0.4 is 16.6 Å². The zero-order valence-corrected chi connectivity index (χ0v) is 22.9. The first-order valence-electron chi connectivity index (χ1n) is 11.0. The largest absolute Gasteiger partial charge is 0.463 e. The first kappa shape index (κ1) is 28.8. The van der Waals surface area contributed by atoms with Crippen molar-refractivity contribution in [1.82, 2.24) is 9.55 Å². The Bertz CT molecular complexity index is 1290. The van der Waals surface area contributed by atoms with Crippen molar-refractivity contribution in [2.24, 2.45) is 0 Å². The van der Waals surface area contributed by atoms with Gasteiger partial charge in [0.1, 0.15) is 25.0 Å². The van der Waals surface area contributed by atoms with E-state index in [9.17, 15) is 23.7 Å². The lowest BCUT2D eigenvalue weighted by Gasteiger charge is -2.26. The van der Waals surface area contributed by atoms with Gasteiger partial charge < -0.3 is 28.6 Å². The minimum absolute atomic E-state index is 0.0218. The third-order valence-electron chi connectivity index (χ3n) is 5.52. The maximum absolute atomic E-state index is 13.5. The van der Waals surface area contributed by atoms with Gasteiger partial charge in [-0.1, -0.05) is 15.9 Å². The molecule has 0 bridgehead atoms. The molecule has 1 aliphatic heterocycles. The van der Waals surface area contributed by atoms with E-state index in [2.05, 4.69) is 26.2 Å². The van der Waals surface area contributed by atoms with Crippen molar-refractivity contribution in [3.63, 3.8) is 0 Å². The Morgan fingerprint density at radius 1 is 1.19 bits per heavy atom. The molecule has 2 N–H and O–H groups in total. The number of nitrogens with zero attached hydrogens (tertiary/aromatic N) is 1. The summed E-state index contributed by atoms with van der Waals surface area (Å²) in [7, 11) is -1.63. The molecule has 37 heavy (non-hydrogen) atoms. The number of hydrogen-bond acceptors (Lipinski definition) is 11. The molecule has 1 fully saturated rings. The van der Waals surface area contributed by atoms with Crippen molar-refractivity contribution < 1.29 is 37.4 Å². The summed E-state index contributed by atoms with van der Waals surface area (Å²) < 4.78 is 41.8. The molecule has 2 aromatic rings. The number of benzene rings is 1. The summed E-state index contributed by atoms with van der Waals surface area (Å²) in [5.41, 5.74) is -1.28. The number of hydrogen-bond donors (Lipinski definition) is 2. The van der Waals surface area contributed by atoms with Crippen molar-refractivity contribution in [1.29, 1.82) is 0 Å². The lowest BCUT2D eigenvalue weighted by molar-refractivity contribution is -0.155. The number of halogens is 1. The molecule has 1 aromatic carbocycles. The van der Waals surface area contributed by atoms with Crippen molar-refractivity contribution in [2.75, 3.05) is 26.1 Å². The molecule has 1 aromatic heterocycles. The molecule has 15 heteroatoms. The first-order valence-corrected chi connectivity index (χ1v) is 13.4. The summed E-state index contributed by atoms with van der Waals surface area (Å²) in [6.45, 7) is 2.21. The molecule has 0 aliphatic carbocycles. The highest BCUT2D eigenvalue weighted by molar-refractivity contribution is 9.10. The van der Waals surface area contributed by atoms with Crippen molar-refractivity contribution in [3.8, 4) is 0 Å². The smallest absolute Gasteiger partial charge is 0.356 e. The van der Waals surface area contributed by atoms with Crippen LogP contribution in [-0.4, -0.2) is 54.5 Å². The summed E-state index contributed by atoms with van der Waals surface area (Å²) in [6, 6.07) is 6.83. The van der Waals surface area contributed by atoms with Gasteiger partial charge in [0.05, 0.1) is 5.56 Å². The highest BCUT2D eigenvalue weighted by atomic mass is 79.9. The normalized spacial score (nSPS) is 20.3. The van der Waals surface area contributed by atoms with Gasteiger partial charge in [-0.05, 0) is 24.3 Å². The Morgan fingerprint density at radius 3 is 2.41 bits per heavy atom. The summed E-state index contributed by atoms with van der Waals surface area (Å²) in [5.74, 6) is -2.47. The van der Waals surface area contributed by atoms with Gasteiger partial charge in [-0.3, -0.25) is 28.5 Å². The van der Waals surface area contributed by atoms with E-state index in [1.165, 1.54) is 34.3 Å². The average Bonchev–Trinajstić information content (AvgIpc) is 3.23. The van der Waals surface area contributed by atoms with E-state index in [-0.39, 0.29) is 18.6 Å². The molecule has 0 spiro atoms. The predicted molar refractivity (Wildman–Crippen MR) is 134 cm³/mol. The second kappa shape index (κ2) is 12.2. The number of aromatic amines is 1. The van der Waals surface area contributed by atoms with Crippen LogP contribution in [0, 0.1) is 0 Å². The van der Waals surface area contributed by atoms with Crippen LogP contribution in [0.2, 0.25) is 0 Å². The van der Waals surface area contributed by atoms with E-state index in [4.69, 9.17) is 23.3 Å². The molecule has 13 nitrogen and oxygen atoms in total. The highest BCUT2D eigenvalue weighted by Crippen LogP contribution is 2.59. The molecule has 2 heterocycles. The van der Waals surface area contributed by atoms with Gasteiger partial charge in [0.2, 0.25) is 0 Å². The predicted octanol–water partition coefficient (Wildman–Crippen LogP) is 2.68. The van der Waals surface area contributed by atoms with Gasteiger partial charge in [-0.25, -0.2) is 4.79 Å². The summed E-state index contributed by atoms with van der Waals surface area (Å²) in [4.78, 5) is 50.7. The summed E-state index contributed by atoms with van der Waals surface area (Å²) in [6.07, 6.45) is -1.49. The molecule has 0 amide bonds. The Hall–Kier alpha value is -2.77. The number of H-pyrrole nitrogens is 1. The maximum atomic E-state index is 13.5. The van der Waals surface area contributed by atoms with Gasteiger partial charge in [0.15, 0.2) is 5.78 Å². The molecule has 1 aliphatic rings. The van der Waals surface area contributed by atoms with Gasteiger partial charge in [-0.15, -0.1) is 0 Å². The molecule has 0 saturated carbocycles. The molecular formula is C22H27BrN3O10P. The lowest BCUT2D eigenvalue weighted by atomic mass is 10.2. The number of anilines is 1. The number of nitrogens with one attached hydrogen (secondary N) is 2. The fourth-order valence-electron chi connectivity index (χ4n) is 3.78. The molecule has 3 rings (SSSR count). The standard InChI is InChI=1S/C22H27BrN3O10P/c1-12(27)34-11-18-17(35-13(2)28)9-19(36-18)26-10-16(20(29)25-22(26)30)21(37(31,32-3)33-4)24-15-7-5-14(23)6-8-15/h5-8,10,17-19,21,24H,9,11H2,1-4H3,(H,25,29,30)/t17-,18+,19+,21?/m0/s1. The minimum Gasteiger partial charge on any atom is -0.463 e. The third-order valence-corrected chi connectivity index (χ3v) is 8.11. The van der Waals surface area contributed by atoms with Crippen LogP contribution in [0.25, 0.3) is 0 Å². The van der Waals surface area contributed by atoms with Crippen LogP contribution in [-0.2, 0) is 37.4 Å². The molecule has 0 radical (unpaired) electrons. The SMILES string of the molecule is COP(=O)(OC)C(Nc1ccc(Br)cc1)c1cn([C@H]2C[C@H](OC(C)=O)[C@@H](COC(C)=O)O2)c(=O)[nH]c1=O. The average molecular weight is 604 g/mol. The highest BCUT2D eigenvalue weighted by Gasteiger charge is 2.42. The summed E-state index contributed by atoms with van der Waals surface area (Å²) in [5, 5.41) is 2.98.